The molecule has 0 fully saturated rings. The first-order valence-corrected chi connectivity index (χ1v) is 26.6. The second-order valence-corrected chi connectivity index (χ2v) is 25.7. The first-order valence-electron chi connectivity index (χ1n) is 25.8. The summed E-state index contributed by atoms with van der Waals surface area (Å²) in [6, 6.07) is 60.5. The van der Waals surface area contributed by atoms with Crippen molar-refractivity contribution in [3.05, 3.63) is 180 Å². The van der Waals surface area contributed by atoms with Gasteiger partial charge in [0, 0.05) is 54.7 Å². The van der Waals surface area contributed by atoms with Crippen molar-refractivity contribution in [3.8, 4) is 5.69 Å². The van der Waals surface area contributed by atoms with Gasteiger partial charge < -0.3 is 18.8 Å². The zero-order chi connectivity index (χ0) is 50.0. The molecule has 0 saturated heterocycles. The summed E-state index contributed by atoms with van der Waals surface area (Å²) in [7, 11) is 0. The normalized spacial score (nSPS) is 13.8. The van der Waals surface area contributed by atoms with E-state index in [9.17, 15) is 0 Å². The summed E-state index contributed by atoms with van der Waals surface area (Å²) in [5.41, 5.74) is 21.4. The highest BCUT2D eigenvalue weighted by Gasteiger charge is 2.44. The zero-order valence-electron chi connectivity index (χ0n) is 43.7. The van der Waals surface area contributed by atoms with Gasteiger partial charge in [-0.2, -0.15) is 0 Å². The number of nitrogens with zero attached hydrogens (tertiary/aromatic N) is 3. The fourth-order valence-electron chi connectivity index (χ4n) is 11.8. The van der Waals surface area contributed by atoms with Crippen LogP contribution >= 0.6 is 11.3 Å². The number of rotatable bonds is 4. The van der Waals surface area contributed by atoms with Gasteiger partial charge in [0.1, 0.15) is 11.1 Å². The average molecular weight is 956 g/mol. The molecular formula is C66H62BN3OS. The number of anilines is 6. The molecule has 0 spiro atoms. The lowest BCUT2D eigenvalue weighted by atomic mass is 9.33. The van der Waals surface area contributed by atoms with Crippen molar-refractivity contribution in [3.63, 3.8) is 0 Å². The van der Waals surface area contributed by atoms with Gasteiger partial charge in [0.15, 0.2) is 5.58 Å². The third-order valence-corrected chi connectivity index (χ3v) is 17.0. The van der Waals surface area contributed by atoms with E-state index in [-0.39, 0.29) is 28.4 Å². The smallest absolute Gasteiger partial charge is 0.252 e. The number of thiophene rings is 1. The minimum absolute atomic E-state index is 0.0103. The lowest BCUT2D eigenvalue weighted by Gasteiger charge is -2.42. The molecule has 3 aromatic heterocycles. The summed E-state index contributed by atoms with van der Waals surface area (Å²) in [6.07, 6.45) is 0. The molecule has 2 aliphatic rings. The molecule has 0 unspecified atom stereocenters. The minimum atomic E-state index is -0.0803. The molecule has 0 saturated carbocycles. The van der Waals surface area contributed by atoms with E-state index >= 15 is 0 Å². The van der Waals surface area contributed by atoms with Crippen molar-refractivity contribution in [2.45, 2.75) is 105 Å². The fraction of sp³-hybridized carbons (Fsp3) is 0.242. The molecule has 8 aromatic carbocycles. The number of hydrogen-bond acceptors (Lipinski definition) is 4. The van der Waals surface area contributed by atoms with Crippen molar-refractivity contribution in [1.29, 1.82) is 0 Å². The van der Waals surface area contributed by atoms with E-state index in [1.54, 1.807) is 0 Å². The Labute approximate surface area is 428 Å². The molecule has 0 N–H and O–H groups in total. The molecule has 356 valence electrons. The monoisotopic (exact) mass is 955 g/mol. The SMILES string of the molecule is CC(C)(C)c1ccc(N(c2ccc(C(C)(C)C)cc2)c2cc3c4c(c2)-n2c5c(cccc5c5oc6ccccc6c52)B4c2ccc(C(C)(C)C)cc2N3c2cccc3c2sc2cc(C(C)(C)C)ccc23)cc1. The van der Waals surface area contributed by atoms with E-state index in [1.807, 2.05) is 11.3 Å². The van der Waals surface area contributed by atoms with Crippen LogP contribution in [0.2, 0.25) is 0 Å². The highest BCUT2D eigenvalue weighted by Crippen LogP contribution is 2.51. The second kappa shape index (κ2) is 15.3. The van der Waals surface area contributed by atoms with Gasteiger partial charge in [-0.3, -0.25) is 0 Å². The van der Waals surface area contributed by atoms with E-state index in [0.717, 1.165) is 44.5 Å². The summed E-state index contributed by atoms with van der Waals surface area (Å²) in [5, 5.41) is 4.86. The Hall–Kier alpha value is -7.02. The molecule has 11 aromatic rings. The summed E-state index contributed by atoms with van der Waals surface area (Å²) in [4.78, 5) is 5.14. The van der Waals surface area contributed by atoms with Crippen LogP contribution in [0.4, 0.5) is 34.1 Å². The molecule has 0 radical (unpaired) electrons. The predicted octanol–water partition coefficient (Wildman–Crippen LogP) is 17.2. The van der Waals surface area contributed by atoms with Crippen LogP contribution in [0.3, 0.4) is 0 Å². The Morgan fingerprint density at radius 2 is 1.00 bits per heavy atom. The highest BCUT2D eigenvalue weighted by atomic mass is 32.1. The molecule has 2 aliphatic heterocycles. The zero-order valence-corrected chi connectivity index (χ0v) is 44.6. The van der Waals surface area contributed by atoms with Crippen molar-refractivity contribution < 1.29 is 4.42 Å². The van der Waals surface area contributed by atoms with E-state index < -0.39 is 0 Å². The van der Waals surface area contributed by atoms with Gasteiger partial charge in [0.2, 0.25) is 0 Å². The quantitative estimate of drug-likeness (QED) is 0.164. The number of furan rings is 1. The second-order valence-electron chi connectivity index (χ2n) is 24.7. The standard InChI is InChI=1S/C66H62BN3OS/c1-63(2,3)39-23-29-43(30-24-39)68(44-31-25-40(26-32-44)64(4,5)6)45-37-54-58-55(38-45)70-59-49(61-60(70)48-17-13-14-22-56(48)71-61)19-15-20-51(59)67(58)50-34-28-41(65(7,8)9)35-53(50)69(54)52-21-16-18-47-46-33-27-42(66(10,11)12)36-57(46)72-62(47)52/h13-38H,1-12H3. The number of para-hydroxylation sites is 2. The van der Waals surface area contributed by atoms with Crippen LogP contribution in [0.25, 0.3) is 58.8 Å². The predicted molar refractivity (Wildman–Crippen MR) is 312 cm³/mol. The molecule has 0 bridgehead atoms. The van der Waals surface area contributed by atoms with Gasteiger partial charge in [-0.1, -0.05) is 168 Å². The molecule has 72 heavy (non-hydrogen) atoms. The first kappa shape index (κ1) is 44.9. The van der Waals surface area contributed by atoms with E-state index in [0.29, 0.717) is 0 Å². The number of hydrogen-bond donors (Lipinski definition) is 0. The van der Waals surface area contributed by atoms with Crippen LogP contribution in [0.15, 0.2) is 162 Å². The summed E-state index contributed by atoms with van der Waals surface area (Å²) < 4.78 is 12.1. The van der Waals surface area contributed by atoms with Crippen LogP contribution < -0.4 is 26.2 Å². The Morgan fingerprint density at radius 3 is 1.67 bits per heavy atom. The summed E-state index contributed by atoms with van der Waals surface area (Å²) in [5.74, 6) is 0. The lowest BCUT2D eigenvalue weighted by Crippen LogP contribution is -2.60. The molecular weight excluding hydrogens is 894 g/mol. The molecule has 6 heteroatoms. The van der Waals surface area contributed by atoms with Crippen molar-refractivity contribution in [2.24, 2.45) is 0 Å². The Morgan fingerprint density at radius 1 is 0.431 bits per heavy atom. The topological polar surface area (TPSA) is 24.6 Å². The van der Waals surface area contributed by atoms with Crippen LogP contribution in [0.5, 0.6) is 0 Å². The lowest BCUT2D eigenvalue weighted by molar-refractivity contribution is 0.590. The van der Waals surface area contributed by atoms with Crippen molar-refractivity contribution in [2.75, 3.05) is 9.80 Å². The van der Waals surface area contributed by atoms with Crippen LogP contribution in [0, 0.1) is 0 Å². The molecule has 4 nitrogen and oxygen atoms in total. The summed E-state index contributed by atoms with van der Waals surface area (Å²) >= 11 is 1.93. The third kappa shape index (κ3) is 6.70. The van der Waals surface area contributed by atoms with Gasteiger partial charge in [-0.05, 0) is 133 Å². The maximum Gasteiger partial charge on any atom is 0.252 e. The Kier molecular flexibility index (Phi) is 9.51. The number of fused-ring (bicyclic) bond motifs is 12. The molecule has 13 rings (SSSR count). The van der Waals surface area contributed by atoms with Crippen LogP contribution in [0.1, 0.15) is 105 Å². The van der Waals surface area contributed by atoms with Crippen molar-refractivity contribution >= 4 is 122 Å². The molecule has 0 aliphatic carbocycles. The van der Waals surface area contributed by atoms with Gasteiger partial charge in [0.05, 0.1) is 21.6 Å². The first-order chi connectivity index (χ1) is 34.2. The largest absolute Gasteiger partial charge is 0.454 e. The highest BCUT2D eigenvalue weighted by molar-refractivity contribution is 7.26. The average Bonchev–Trinajstić information content (AvgIpc) is 4.01. The maximum absolute atomic E-state index is 6.93. The summed E-state index contributed by atoms with van der Waals surface area (Å²) in [6.45, 7) is 27.7. The minimum Gasteiger partial charge on any atom is -0.454 e. The van der Waals surface area contributed by atoms with Crippen LogP contribution in [-0.2, 0) is 21.7 Å². The number of benzene rings is 8. The van der Waals surface area contributed by atoms with E-state index in [2.05, 4.69) is 255 Å². The van der Waals surface area contributed by atoms with Crippen LogP contribution in [-0.4, -0.2) is 11.3 Å². The van der Waals surface area contributed by atoms with Gasteiger partial charge >= 0.3 is 0 Å². The van der Waals surface area contributed by atoms with E-state index in [4.69, 9.17) is 4.42 Å². The van der Waals surface area contributed by atoms with Gasteiger partial charge in [-0.15, -0.1) is 11.3 Å². The third-order valence-electron chi connectivity index (χ3n) is 15.8. The molecule has 5 heterocycles. The fourth-order valence-corrected chi connectivity index (χ4v) is 13.1. The van der Waals surface area contributed by atoms with Crippen molar-refractivity contribution in [1.82, 2.24) is 4.57 Å². The Balaban J connectivity index is 1.18. The molecule has 0 atom stereocenters. The maximum atomic E-state index is 6.93. The number of aromatic nitrogens is 1. The van der Waals surface area contributed by atoms with Gasteiger partial charge in [-0.25, -0.2) is 0 Å². The van der Waals surface area contributed by atoms with Gasteiger partial charge in [0.25, 0.3) is 6.71 Å². The molecule has 0 amide bonds. The van der Waals surface area contributed by atoms with E-state index in [1.165, 1.54) is 87.1 Å². The Bertz CT molecular complexity index is 3970.